The van der Waals surface area contributed by atoms with Crippen LogP contribution >= 0.6 is 0 Å². The van der Waals surface area contributed by atoms with Gasteiger partial charge < -0.3 is 15.7 Å². The van der Waals surface area contributed by atoms with Gasteiger partial charge in [0.25, 0.3) is 0 Å². The second-order valence-corrected chi connectivity index (χ2v) is 5.37. The molecule has 0 aliphatic carbocycles. The molecule has 0 saturated carbocycles. The van der Waals surface area contributed by atoms with Crippen molar-refractivity contribution in [2.75, 3.05) is 44.2 Å². The number of rotatable bonds is 4. The topological polar surface area (TPSA) is 52.7 Å². The maximum absolute atomic E-state index is 14.2. The minimum atomic E-state index is -0.199. The predicted octanol–water partition coefficient (Wildman–Crippen LogP) is 1.35. The Morgan fingerprint density at radius 1 is 1.30 bits per heavy atom. The van der Waals surface area contributed by atoms with Gasteiger partial charge in [-0.2, -0.15) is 0 Å². The Hall–Kier alpha value is -1.17. The van der Waals surface area contributed by atoms with Crippen LogP contribution in [0.1, 0.15) is 24.9 Å². The molecule has 1 aromatic rings. The number of nitrogens with two attached hydrogens (primary N) is 1. The number of halogens is 1. The zero-order valence-corrected chi connectivity index (χ0v) is 12.1. The van der Waals surface area contributed by atoms with Gasteiger partial charge in [-0.25, -0.2) is 4.39 Å². The van der Waals surface area contributed by atoms with Crippen molar-refractivity contribution < 1.29 is 9.50 Å². The van der Waals surface area contributed by atoms with E-state index in [2.05, 4.69) is 9.80 Å². The molecule has 112 valence electrons. The molecule has 4 nitrogen and oxygen atoms in total. The third-order valence-corrected chi connectivity index (χ3v) is 3.83. The lowest BCUT2D eigenvalue weighted by Crippen LogP contribution is -2.33. The molecular weight excluding hydrogens is 257 g/mol. The second kappa shape index (κ2) is 7.02. The van der Waals surface area contributed by atoms with Gasteiger partial charge in [-0.05, 0) is 31.5 Å². The number of β-amino-alcohol motifs (C(OH)–C–C–N with tert-alkyl or cyclic N) is 1. The van der Waals surface area contributed by atoms with Crippen LogP contribution in [0.4, 0.5) is 10.1 Å². The van der Waals surface area contributed by atoms with Crippen LogP contribution in [-0.4, -0.2) is 49.3 Å². The second-order valence-electron chi connectivity index (χ2n) is 5.37. The lowest BCUT2D eigenvalue weighted by Gasteiger charge is -2.27. The fourth-order valence-electron chi connectivity index (χ4n) is 2.79. The quantitative estimate of drug-likeness (QED) is 0.875. The number of benzene rings is 1. The third-order valence-electron chi connectivity index (χ3n) is 3.83. The van der Waals surface area contributed by atoms with Crippen LogP contribution in [0, 0.1) is 5.82 Å². The summed E-state index contributed by atoms with van der Waals surface area (Å²) >= 11 is 0. The van der Waals surface area contributed by atoms with E-state index < -0.39 is 0 Å². The maximum atomic E-state index is 14.2. The Labute approximate surface area is 120 Å². The average Bonchev–Trinajstić information content (AvgIpc) is 2.64. The van der Waals surface area contributed by atoms with Gasteiger partial charge in [-0.3, -0.25) is 4.90 Å². The molecule has 0 radical (unpaired) electrons. The first-order valence-corrected chi connectivity index (χ1v) is 7.25. The number of aliphatic hydroxyl groups is 1. The Bertz CT molecular complexity index is 439. The van der Waals surface area contributed by atoms with Crippen LogP contribution < -0.4 is 10.6 Å². The van der Waals surface area contributed by atoms with Gasteiger partial charge in [0.2, 0.25) is 0 Å². The van der Waals surface area contributed by atoms with Gasteiger partial charge in [0, 0.05) is 32.2 Å². The van der Waals surface area contributed by atoms with Gasteiger partial charge in [-0.15, -0.1) is 0 Å². The lowest BCUT2D eigenvalue weighted by molar-refractivity contribution is 0.204. The van der Waals surface area contributed by atoms with E-state index in [1.54, 1.807) is 6.07 Å². The van der Waals surface area contributed by atoms with Crippen LogP contribution in [0.3, 0.4) is 0 Å². The van der Waals surface area contributed by atoms with Gasteiger partial charge in [0.05, 0.1) is 12.3 Å². The van der Waals surface area contributed by atoms with Crippen molar-refractivity contribution >= 4 is 5.69 Å². The van der Waals surface area contributed by atoms with Crippen molar-refractivity contribution in [2.24, 2.45) is 5.73 Å². The molecule has 3 N–H and O–H groups in total. The van der Waals surface area contributed by atoms with E-state index in [1.807, 2.05) is 13.0 Å². The van der Waals surface area contributed by atoms with Gasteiger partial charge in [-0.1, -0.05) is 12.1 Å². The van der Waals surface area contributed by atoms with Crippen LogP contribution in [0.2, 0.25) is 0 Å². The first-order chi connectivity index (χ1) is 9.63. The Balaban J connectivity index is 2.19. The van der Waals surface area contributed by atoms with Crippen LogP contribution in [0.25, 0.3) is 0 Å². The van der Waals surface area contributed by atoms with Crippen molar-refractivity contribution in [3.63, 3.8) is 0 Å². The van der Waals surface area contributed by atoms with E-state index in [-0.39, 0.29) is 18.5 Å². The number of hydrogen-bond acceptors (Lipinski definition) is 4. The van der Waals surface area contributed by atoms with Crippen molar-refractivity contribution in [2.45, 2.75) is 19.4 Å². The van der Waals surface area contributed by atoms with E-state index in [4.69, 9.17) is 10.8 Å². The highest BCUT2D eigenvalue weighted by atomic mass is 19.1. The van der Waals surface area contributed by atoms with E-state index in [0.29, 0.717) is 12.2 Å². The van der Waals surface area contributed by atoms with Crippen LogP contribution in [0.15, 0.2) is 18.2 Å². The van der Waals surface area contributed by atoms with Crippen LogP contribution in [0.5, 0.6) is 0 Å². The molecule has 0 amide bonds. The molecule has 1 saturated heterocycles. The third kappa shape index (κ3) is 3.48. The van der Waals surface area contributed by atoms with Crippen molar-refractivity contribution in [1.29, 1.82) is 0 Å². The standard InChI is InChI=1S/C15H24FN3O/c1-12(17)13-4-2-5-14(16)15(13)19-7-3-6-18(8-9-19)10-11-20/h2,4-5,12,20H,3,6-11,17H2,1H3. The van der Waals surface area contributed by atoms with Gasteiger partial charge in [0.15, 0.2) is 0 Å². The summed E-state index contributed by atoms with van der Waals surface area (Å²) in [5, 5.41) is 9.02. The minimum absolute atomic E-state index is 0.171. The zero-order chi connectivity index (χ0) is 14.5. The Kier molecular flexibility index (Phi) is 5.34. The highest BCUT2D eigenvalue weighted by molar-refractivity contribution is 5.56. The van der Waals surface area contributed by atoms with Crippen molar-refractivity contribution in [1.82, 2.24) is 4.90 Å². The molecule has 1 unspecified atom stereocenters. The molecule has 20 heavy (non-hydrogen) atoms. The number of anilines is 1. The highest BCUT2D eigenvalue weighted by Gasteiger charge is 2.21. The molecule has 0 bridgehead atoms. The molecule has 1 atom stereocenters. The molecule has 5 heteroatoms. The molecule has 1 fully saturated rings. The minimum Gasteiger partial charge on any atom is -0.395 e. The fraction of sp³-hybridized carbons (Fsp3) is 0.600. The average molecular weight is 281 g/mol. The molecule has 1 aromatic carbocycles. The number of aliphatic hydroxyl groups excluding tert-OH is 1. The molecule has 1 aliphatic heterocycles. The Morgan fingerprint density at radius 2 is 2.10 bits per heavy atom. The first kappa shape index (κ1) is 15.2. The number of nitrogens with zero attached hydrogens (tertiary/aromatic N) is 2. The largest absolute Gasteiger partial charge is 0.395 e. The predicted molar refractivity (Wildman–Crippen MR) is 79.4 cm³/mol. The van der Waals surface area contributed by atoms with E-state index >= 15 is 0 Å². The molecular formula is C15H24FN3O. The molecule has 1 aliphatic rings. The molecule has 2 rings (SSSR count). The summed E-state index contributed by atoms with van der Waals surface area (Å²) in [4.78, 5) is 4.30. The van der Waals surface area contributed by atoms with E-state index in [9.17, 15) is 4.39 Å². The summed E-state index contributed by atoms with van der Waals surface area (Å²) in [5.41, 5.74) is 7.48. The maximum Gasteiger partial charge on any atom is 0.146 e. The van der Waals surface area contributed by atoms with E-state index in [1.165, 1.54) is 6.07 Å². The highest BCUT2D eigenvalue weighted by Crippen LogP contribution is 2.29. The SMILES string of the molecule is CC(N)c1cccc(F)c1N1CCCN(CCO)CC1. The fourth-order valence-corrected chi connectivity index (χ4v) is 2.79. The summed E-state index contributed by atoms with van der Waals surface area (Å²) in [6.45, 7) is 6.11. The molecule has 0 spiro atoms. The summed E-state index contributed by atoms with van der Waals surface area (Å²) in [5.74, 6) is -0.199. The first-order valence-electron chi connectivity index (χ1n) is 7.25. The summed E-state index contributed by atoms with van der Waals surface area (Å²) in [7, 11) is 0. The number of hydrogen-bond donors (Lipinski definition) is 2. The van der Waals surface area contributed by atoms with Crippen molar-refractivity contribution in [3.8, 4) is 0 Å². The molecule has 0 aromatic heterocycles. The monoisotopic (exact) mass is 281 g/mol. The smallest absolute Gasteiger partial charge is 0.146 e. The molecule has 1 heterocycles. The van der Waals surface area contributed by atoms with Crippen LogP contribution in [-0.2, 0) is 0 Å². The van der Waals surface area contributed by atoms with Gasteiger partial charge >= 0.3 is 0 Å². The summed E-state index contributed by atoms with van der Waals surface area (Å²) in [6.07, 6.45) is 0.965. The Morgan fingerprint density at radius 3 is 2.80 bits per heavy atom. The van der Waals surface area contributed by atoms with Gasteiger partial charge in [0.1, 0.15) is 5.82 Å². The number of para-hydroxylation sites is 1. The zero-order valence-electron chi connectivity index (χ0n) is 12.1. The van der Waals surface area contributed by atoms with E-state index in [0.717, 1.165) is 38.2 Å². The summed E-state index contributed by atoms with van der Waals surface area (Å²) in [6, 6.07) is 4.93. The summed E-state index contributed by atoms with van der Waals surface area (Å²) < 4.78 is 14.2. The van der Waals surface area contributed by atoms with Crippen molar-refractivity contribution in [3.05, 3.63) is 29.6 Å². The normalized spacial score (nSPS) is 18.9. The lowest BCUT2D eigenvalue weighted by atomic mass is 10.1.